The first-order valence-electron chi connectivity index (χ1n) is 10.8. The van der Waals surface area contributed by atoms with E-state index in [1.54, 1.807) is 24.2 Å². The second-order valence-corrected chi connectivity index (χ2v) is 8.35. The van der Waals surface area contributed by atoms with Gasteiger partial charge >= 0.3 is 0 Å². The lowest BCUT2D eigenvalue weighted by atomic mass is 10.1. The average Bonchev–Trinajstić information content (AvgIpc) is 3.43. The molecule has 1 aliphatic heterocycles. The van der Waals surface area contributed by atoms with E-state index >= 15 is 0 Å². The molecule has 0 radical (unpaired) electrons. The molecule has 4 rings (SSSR count). The maximum Gasteiger partial charge on any atom is 0.256 e. The van der Waals surface area contributed by atoms with Crippen molar-refractivity contribution in [2.24, 2.45) is 5.92 Å². The molecule has 1 unspecified atom stereocenters. The van der Waals surface area contributed by atoms with Gasteiger partial charge in [0.15, 0.2) is 0 Å². The van der Waals surface area contributed by atoms with Crippen molar-refractivity contribution < 1.29 is 14.3 Å². The highest BCUT2D eigenvalue weighted by molar-refractivity contribution is 6.05. The van der Waals surface area contributed by atoms with Crippen molar-refractivity contribution in [3.05, 3.63) is 77.1 Å². The Hall–Kier alpha value is -3.45. The molecular weight excluding hydrogens is 404 g/mol. The average molecular weight is 433 g/mol. The van der Waals surface area contributed by atoms with Gasteiger partial charge in [0.25, 0.3) is 11.8 Å². The van der Waals surface area contributed by atoms with Crippen LogP contribution in [0.3, 0.4) is 0 Å². The molecule has 0 saturated carbocycles. The SMILES string of the molecule is COCC1CCN(C(=O)c2ccc(-n3cc(NC(=O)c4ccc(C)cc4C)cn3)cc2)C1. The molecule has 1 saturated heterocycles. The smallest absolute Gasteiger partial charge is 0.256 e. The van der Waals surface area contributed by atoms with Crippen molar-refractivity contribution in [2.45, 2.75) is 20.3 Å². The molecule has 1 aromatic heterocycles. The Morgan fingerprint density at radius 1 is 1.16 bits per heavy atom. The number of benzene rings is 2. The van der Waals surface area contributed by atoms with Crippen molar-refractivity contribution in [3.8, 4) is 5.69 Å². The molecule has 166 valence electrons. The Morgan fingerprint density at radius 2 is 1.94 bits per heavy atom. The number of carbonyl (C=O) groups excluding carboxylic acids is 2. The first kappa shape index (κ1) is 21.8. The standard InChI is InChI=1S/C25H28N4O3/c1-17-4-9-23(18(2)12-17)24(30)27-21-13-26-29(15-21)22-7-5-20(6-8-22)25(31)28-11-10-19(14-28)16-32-3/h4-9,12-13,15,19H,10-11,14,16H2,1-3H3,(H,27,30). The molecule has 1 N–H and O–H groups in total. The van der Waals surface area contributed by atoms with Crippen LogP contribution in [-0.4, -0.2) is 53.3 Å². The lowest BCUT2D eigenvalue weighted by Crippen LogP contribution is -2.29. The van der Waals surface area contributed by atoms with Gasteiger partial charge in [-0.1, -0.05) is 17.7 Å². The van der Waals surface area contributed by atoms with Gasteiger partial charge in [0.2, 0.25) is 0 Å². The van der Waals surface area contributed by atoms with E-state index in [0.717, 1.165) is 36.3 Å². The number of carbonyl (C=O) groups is 2. The molecule has 2 amide bonds. The molecule has 0 bridgehead atoms. The van der Waals surface area contributed by atoms with Gasteiger partial charge in [0.05, 0.1) is 30.4 Å². The molecule has 32 heavy (non-hydrogen) atoms. The summed E-state index contributed by atoms with van der Waals surface area (Å²) in [7, 11) is 1.69. The van der Waals surface area contributed by atoms with Gasteiger partial charge in [-0.15, -0.1) is 0 Å². The van der Waals surface area contributed by atoms with Crippen LogP contribution in [0.2, 0.25) is 0 Å². The van der Waals surface area contributed by atoms with E-state index in [0.29, 0.717) is 29.3 Å². The van der Waals surface area contributed by atoms with Crippen LogP contribution in [0, 0.1) is 19.8 Å². The van der Waals surface area contributed by atoms with Crippen LogP contribution >= 0.6 is 0 Å². The summed E-state index contributed by atoms with van der Waals surface area (Å²) in [5.41, 5.74) is 4.77. The number of nitrogens with zero attached hydrogens (tertiary/aromatic N) is 3. The lowest BCUT2D eigenvalue weighted by Gasteiger charge is -2.16. The van der Waals surface area contributed by atoms with Crippen molar-refractivity contribution in [2.75, 3.05) is 32.1 Å². The number of aromatic nitrogens is 2. The summed E-state index contributed by atoms with van der Waals surface area (Å²) in [6.45, 7) is 6.10. The van der Waals surface area contributed by atoms with Crippen LogP contribution in [0.5, 0.6) is 0 Å². The molecule has 0 spiro atoms. The summed E-state index contributed by atoms with van der Waals surface area (Å²) in [4.78, 5) is 27.3. The number of ether oxygens (including phenoxy) is 1. The van der Waals surface area contributed by atoms with E-state index in [4.69, 9.17) is 4.74 Å². The third kappa shape index (κ3) is 4.73. The Balaban J connectivity index is 1.41. The Kier molecular flexibility index (Phi) is 6.37. The van der Waals surface area contributed by atoms with Crippen molar-refractivity contribution >= 4 is 17.5 Å². The van der Waals surface area contributed by atoms with Gasteiger partial charge in [-0.2, -0.15) is 5.10 Å². The second-order valence-electron chi connectivity index (χ2n) is 8.35. The van der Waals surface area contributed by atoms with Gasteiger partial charge in [0, 0.05) is 37.2 Å². The van der Waals surface area contributed by atoms with E-state index in [1.165, 1.54) is 0 Å². The van der Waals surface area contributed by atoms with Crippen LogP contribution in [0.15, 0.2) is 54.9 Å². The van der Waals surface area contributed by atoms with Crippen LogP contribution in [0.1, 0.15) is 38.3 Å². The first-order valence-corrected chi connectivity index (χ1v) is 10.8. The fraction of sp³-hybridized carbons (Fsp3) is 0.320. The maximum absolute atomic E-state index is 12.8. The Morgan fingerprint density at radius 3 is 2.66 bits per heavy atom. The van der Waals surface area contributed by atoms with Crippen molar-refractivity contribution in [1.82, 2.24) is 14.7 Å². The number of amides is 2. The lowest BCUT2D eigenvalue weighted by molar-refractivity contribution is 0.0775. The van der Waals surface area contributed by atoms with Crippen LogP contribution in [0.4, 0.5) is 5.69 Å². The minimum Gasteiger partial charge on any atom is -0.384 e. The molecule has 7 nitrogen and oxygen atoms in total. The minimum absolute atomic E-state index is 0.0389. The number of rotatable bonds is 6. The topological polar surface area (TPSA) is 76.5 Å². The number of aryl methyl sites for hydroxylation is 2. The number of likely N-dealkylation sites (tertiary alicyclic amines) is 1. The zero-order valence-corrected chi connectivity index (χ0v) is 18.7. The number of nitrogens with one attached hydrogen (secondary N) is 1. The highest BCUT2D eigenvalue weighted by Crippen LogP contribution is 2.20. The summed E-state index contributed by atoms with van der Waals surface area (Å²) < 4.78 is 6.89. The third-order valence-corrected chi connectivity index (χ3v) is 5.82. The molecule has 2 aromatic carbocycles. The Labute approximate surface area is 188 Å². The van der Waals surface area contributed by atoms with Gasteiger partial charge in [-0.05, 0) is 56.2 Å². The van der Waals surface area contributed by atoms with Crippen molar-refractivity contribution in [3.63, 3.8) is 0 Å². The maximum atomic E-state index is 12.8. The van der Waals surface area contributed by atoms with E-state index < -0.39 is 0 Å². The minimum atomic E-state index is -0.166. The van der Waals surface area contributed by atoms with Gasteiger partial charge in [0.1, 0.15) is 0 Å². The molecule has 7 heteroatoms. The van der Waals surface area contributed by atoms with Crippen molar-refractivity contribution in [1.29, 1.82) is 0 Å². The largest absolute Gasteiger partial charge is 0.384 e. The summed E-state index contributed by atoms with van der Waals surface area (Å²) >= 11 is 0. The van der Waals surface area contributed by atoms with Gasteiger partial charge in [-0.3, -0.25) is 9.59 Å². The van der Waals surface area contributed by atoms with E-state index in [1.807, 2.05) is 61.2 Å². The molecule has 1 fully saturated rings. The second kappa shape index (κ2) is 9.36. The summed E-state index contributed by atoms with van der Waals surface area (Å²) in [6.07, 6.45) is 4.34. The fourth-order valence-electron chi connectivity index (χ4n) is 4.12. The summed E-state index contributed by atoms with van der Waals surface area (Å²) in [5, 5.41) is 7.24. The molecule has 2 heterocycles. The normalized spacial score (nSPS) is 15.7. The highest BCUT2D eigenvalue weighted by atomic mass is 16.5. The zero-order valence-electron chi connectivity index (χ0n) is 18.7. The number of anilines is 1. The third-order valence-electron chi connectivity index (χ3n) is 5.82. The fourth-order valence-corrected chi connectivity index (χ4v) is 4.12. The van der Waals surface area contributed by atoms with Gasteiger partial charge in [-0.25, -0.2) is 4.68 Å². The zero-order chi connectivity index (χ0) is 22.7. The number of methoxy groups -OCH3 is 1. The molecule has 1 atom stereocenters. The molecule has 0 aliphatic carbocycles. The van der Waals surface area contributed by atoms with E-state index in [-0.39, 0.29) is 11.8 Å². The quantitative estimate of drug-likeness (QED) is 0.642. The predicted octanol–water partition coefficient (Wildman–Crippen LogP) is 3.85. The van der Waals surface area contributed by atoms with Crippen LogP contribution in [0.25, 0.3) is 5.69 Å². The van der Waals surface area contributed by atoms with E-state index in [9.17, 15) is 9.59 Å². The molecular formula is C25H28N4O3. The van der Waals surface area contributed by atoms with Crippen LogP contribution < -0.4 is 5.32 Å². The van der Waals surface area contributed by atoms with Crippen LogP contribution in [-0.2, 0) is 4.74 Å². The number of hydrogen-bond donors (Lipinski definition) is 1. The van der Waals surface area contributed by atoms with Gasteiger partial charge < -0.3 is 15.0 Å². The molecule has 3 aromatic rings. The first-order chi connectivity index (χ1) is 15.4. The number of hydrogen-bond acceptors (Lipinski definition) is 4. The molecule has 1 aliphatic rings. The highest BCUT2D eigenvalue weighted by Gasteiger charge is 2.26. The summed E-state index contributed by atoms with van der Waals surface area (Å²) in [6, 6.07) is 13.1. The predicted molar refractivity (Wildman–Crippen MR) is 123 cm³/mol. The Bertz CT molecular complexity index is 1120. The summed E-state index contributed by atoms with van der Waals surface area (Å²) in [5.74, 6) is 0.280. The van der Waals surface area contributed by atoms with E-state index in [2.05, 4.69) is 10.4 Å². The monoisotopic (exact) mass is 432 g/mol.